The number of rotatable bonds is 3. The number of hydrogen-bond acceptors (Lipinski definition) is 1. The minimum Gasteiger partial charge on any atom is -0.327 e. The first-order chi connectivity index (χ1) is 6.99. The molecular formula is C13H18BrN. The van der Waals surface area contributed by atoms with Crippen LogP contribution >= 0.6 is 15.9 Å². The second kappa shape index (κ2) is 3.91. The molecule has 82 valence electrons. The molecule has 2 heteroatoms. The molecule has 2 atom stereocenters. The number of benzene rings is 1. The van der Waals surface area contributed by atoms with E-state index in [-0.39, 0.29) is 0 Å². The van der Waals surface area contributed by atoms with Crippen LogP contribution in [-0.4, -0.2) is 6.04 Å². The molecule has 1 aromatic rings. The Hall–Kier alpha value is -0.340. The van der Waals surface area contributed by atoms with Gasteiger partial charge in [0.1, 0.15) is 0 Å². The van der Waals surface area contributed by atoms with Crippen LogP contribution in [0.2, 0.25) is 0 Å². The first kappa shape index (κ1) is 11.2. The van der Waals surface area contributed by atoms with E-state index < -0.39 is 0 Å². The molecule has 1 saturated carbocycles. The summed E-state index contributed by atoms with van der Waals surface area (Å²) in [5.74, 6) is 0.709. The summed E-state index contributed by atoms with van der Waals surface area (Å²) in [6, 6.07) is 8.79. The predicted molar refractivity (Wildman–Crippen MR) is 67.7 cm³/mol. The minimum absolute atomic E-state index is 0.321. The molecule has 0 amide bonds. The molecule has 0 aromatic heterocycles. The highest BCUT2D eigenvalue weighted by atomic mass is 79.9. The number of hydrogen-bond donors (Lipinski definition) is 1. The molecule has 0 aliphatic heterocycles. The van der Waals surface area contributed by atoms with Gasteiger partial charge in [-0.05, 0) is 41.9 Å². The second-order valence-corrected chi connectivity index (χ2v) is 6.21. The van der Waals surface area contributed by atoms with Crippen molar-refractivity contribution in [3.8, 4) is 0 Å². The summed E-state index contributed by atoms with van der Waals surface area (Å²) in [6.07, 6.45) is 2.28. The lowest BCUT2D eigenvalue weighted by atomic mass is 9.98. The van der Waals surface area contributed by atoms with E-state index in [1.807, 2.05) is 0 Å². The third-order valence-corrected chi connectivity index (χ3v) is 4.02. The van der Waals surface area contributed by atoms with Gasteiger partial charge in [-0.15, -0.1) is 0 Å². The van der Waals surface area contributed by atoms with Crippen LogP contribution in [0.5, 0.6) is 0 Å². The van der Waals surface area contributed by atoms with Crippen molar-refractivity contribution in [3.05, 3.63) is 34.3 Å². The van der Waals surface area contributed by atoms with Crippen molar-refractivity contribution in [3.63, 3.8) is 0 Å². The Bertz CT molecular complexity index is 342. The van der Waals surface area contributed by atoms with Gasteiger partial charge in [-0.25, -0.2) is 0 Å². The molecule has 1 fully saturated rings. The fraction of sp³-hybridized carbons (Fsp3) is 0.538. The Labute approximate surface area is 100 Å². The van der Waals surface area contributed by atoms with E-state index in [0.29, 0.717) is 17.4 Å². The van der Waals surface area contributed by atoms with Crippen LogP contribution in [0.4, 0.5) is 0 Å². The maximum atomic E-state index is 6.21. The van der Waals surface area contributed by atoms with Crippen molar-refractivity contribution in [2.45, 2.75) is 32.7 Å². The molecule has 2 unspecified atom stereocenters. The zero-order valence-electron chi connectivity index (χ0n) is 9.33. The second-order valence-electron chi connectivity index (χ2n) is 5.29. The maximum absolute atomic E-state index is 6.21. The van der Waals surface area contributed by atoms with Gasteiger partial charge in [-0.2, -0.15) is 0 Å². The lowest BCUT2D eigenvalue weighted by molar-refractivity contribution is 0.476. The van der Waals surface area contributed by atoms with Gasteiger partial charge in [-0.1, -0.05) is 41.9 Å². The van der Waals surface area contributed by atoms with Crippen LogP contribution in [0.3, 0.4) is 0 Å². The molecule has 1 nitrogen and oxygen atoms in total. The van der Waals surface area contributed by atoms with Crippen molar-refractivity contribution in [2.24, 2.45) is 17.1 Å². The Kier molecular flexibility index (Phi) is 2.91. The van der Waals surface area contributed by atoms with Crippen LogP contribution in [0.25, 0.3) is 0 Å². The molecule has 0 spiro atoms. The van der Waals surface area contributed by atoms with Gasteiger partial charge in [0, 0.05) is 10.5 Å². The van der Waals surface area contributed by atoms with Gasteiger partial charge in [-0.3, -0.25) is 0 Å². The van der Waals surface area contributed by atoms with Crippen molar-refractivity contribution in [2.75, 3.05) is 0 Å². The Morgan fingerprint density at radius 1 is 1.40 bits per heavy atom. The highest BCUT2D eigenvalue weighted by Crippen LogP contribution is 2.53. The predicted octanol–water partition coefficient (Wildman–Crippen LogP) is 3.37. The zero-order chi connectivity index (χ0) is 11.1. The summed E-state index contributed by atoms with van der Waals surface area (Å²) in [7, 11) is 0. The Balaban J connectivity index is 1.95. The highest BCUT2D eigenvalue weighted by molar-refractivity contribution is 9.10. The summed E-state index contributed by atoms with van der Waals surface area (Å²) in [5, 5.41) is 0. The molecule has 1 aromatic carbocycles. The average molecular weight is 268 g/mol. The first-order valence-corrected chi connectivity index (χ1v) is 6.28. The molecule has 0 radical (unpaired) electrons. The Morgan fingerprint density at radius 2 is 1.93 bits per heavy atom. The lowest BCUT2D eigenvalue weighted by Gasteiger charge is -2.13. The van der Waals surface area contributed by atoms with Crippen LogP contribution in [0, 0.1) is 11.3 Å². The van der Waals surface area contributed by atoms with Gasteiger partial charge in [0.25, 0.3) is 0 Å². The standard InChI is InChI=1S/C13H18BrN/c1-13(2)8-11(13)12(15)7-9-3-5-10(14)6-4-9/h3-6,11-12H,7-8,15H2,1-2H3. The largest absolute Gasteiger partial charge is 0.327 e. The van der Waals surface area contributed by atoms with E-state index >= 15 is 0 Å². The third kappa shape index (κ3) is 2.61. The van der Waals surface area contributed by atoms with Crippen molar-refractivity contribution in [1.29, 1.82) is 0 Å². The molecule has 2 N–H and O–H groups in total. The van der Waals surface area contributed by atoms with Gasteiger partial charge < -0.3 is 5.73 Å². The molecule has 1 aliphatic carbocycles. The molecule has 2 rings (SSSR count). The van der Waals surface area contributed by atoms with Crippen molar-refractivity contribution >= 4 is 15.9 Å². The lowest BCUT2D eigenvalue weighted by Crippen LogP contribution is -2.27. The van der Waals surface area contributed by atoms with Crippen LogP contribution in [0.15, 0.2) is 28.7 Å². The minimum atomic E-state index is 0.321. The smallest absolute Gasteiger partial charge is 0.0175 e. The fourth-order valence-electron chi connectivity index (χ4n) is 2.27. The van der Waals surface area contributed by atoms with Gasteiger partial charge in [0.05, 0.1) is 0 Å². The molecule has 15 heavy (non-hydrogen) atoms. The average Bonchev–Trinajstić information content (AvgIpc) is 2.79. The summed E-state index contributed by atoms with van der Waals surface area (Å²) in [4.78, 5) is 0. The zero-order valence-corrected chi connectivity index (χ0v) is 10.9. The number of nitrogens with two attached hydrogens (primary N) is 1. The van der Waals surface area contributed by atoms with E-state index in [9.17, 15) is 0 Å². The number of halogens is 1. The van der Waals surface area contributed by atoms with Crippen LogP contribution in [-0.2, 0) is 6.42 Å². The third-order valence-electron chi connectivity index (χ3n) is 3.49. The van der Waals surface area contributed by atoms with Gasteiger partial charge in [0.2, 0.25) is 0 Å². The SMILES string of the molecule is CC1(C)CC1C(N)Cc1ccc(Br)cc1. The van der Waals surface area contributed by atoms with E-state index in [0.717, 1.165) is 10.9 Å². The summed E-state index contributed by atoms with van der Waals surface area (Å²) < 4.78 is 1.13. The van der Waals surface area contributed by atoms with Crippen LogP contribution < -0.4 is 5.73 Å². The first-order valence-electron chi connectivity index (χ1n) is 5.49. The summed E-state index contributed by atoms with van der Waals surface area (Å²) in [5.41, 5.74) is 8.04. The topological polar surface area (TPSA) is 26.0 Å². The van der Waals surface area contributed by atoms with Gasteiger partial charge >= 0.3 is 0 Å². The molecule has 0 bridgehead atoms. The quantitative estimate of drug-likeness (QED) is 0.893. The molecule has 0 heterocycles. The molecule has 0 saturated heterocycles. The fourth-order valence-corrected chi connectivity index (χ4v) is 2.54. The van der Waals surface area contributed by atoms with Crippen LogP contribution in [0.1, 0.15) is 25.8 Å². The Morgan fingerprint density at radius 3 is 2.40 bits per heavy atom. The molecule has 1 aliphatic rings. The normalized spacial score (nSPS) is 24.9. The monoisotopic (exact) mass is 267 g/mol. The summed E-state index contributed by atoms with van der Waals surface area (Å²) >= 11 is 3.44. The van der Waals surface area contributed by atoms with E-state index in [1.165, 1.54) is 12.0 Å². The van der Waals surface area contributed by atoms with E-state index in [1.54, 1.807) is 0 Å². The van der Waals surface area contributed by atoms with E-state index in [4.69, 9.17) is 5.73 Å². The van der Waals surface area contributed by atoms with E-state index in [2.05, 4.69) is 54.0 Å². The maximum Gasteiger partial charge on any atom is 0.0175 e. The molecular weight excluding hydrogens is 250 g/mol. The van der Waals surface area contributed by atoms with Crippen molar-refractivity contribution in [1.82, 2.24) is 0 Å². The van der Waals surface area contributed by atoms with Gasteiger partial charge in [0.15, 0.2) is 0 Å². The van der Waals surface area contributed by atoms with Crippen molar-refractivity contribution < 1.29 is 0 Å². The summed E-state index contributed by atoms with van der Waals surface area (Å²) in [6.45, 7) is 4.61. The highest BCUT2D eigenvalue weighted by Gasteiger charge is 2.48.